The number of carbonyl (C=O) groups excluding carboxylic acids is 1. The molecule has 3 aromatic carbocycles. The quantitative estimate of drug-likeness (QED) is 0.0970. The zero-order valence-electron chi connectivity index (χ0n) is 69.1. The Morgan fingerprint density at radius 1 is 0.565 bits per heavy atom. The van der Waals surface area contributed by atoms with E-state index in [0.717, 1.165) is 103 Å². The van der Waals surface area contributed by atoms with Gasteiger partial charge in [0.2, 0.25) is 5.91 Å². The summed E-state index contributed by atoms with van der Waals surface area (Å²) in [4.78, 5) is 52.9. The Morgan fingerprint density at radius 2 is 1.14 bits per heavy atom. The number of hydrogen-bond acceptors (Lipinski definition) is 13. The number of aliphatic carboxylic acids is 1. The summed E-state index contributed by atoms with van der Waals surface area (Å²) in [5.41, 5.74) is 7.62. The van der Waals surface area contributed by atoms with Crippen LogP contribution >= 0.6 is 11.3 Å². The van der Waals surface area contributed by atoms with Crippen LogP contribution in [0.1, 0.15) is 307 Å². The van der Waals surface area contributed by atoms with Gasteiger partial charge < -0.3 is 25.3 Å². The number of rotatable bonds is 8. The number of thiazole rings is 1. The van der Waals surface area contributed by atoms with Crippen molar-refractivity contribution in [2.45, 2.75) is 341 Å². The van der Waals surface area contributed by atoms with E-state index in [1.54, 1.807) is 12.3 Å². The lowest BCUT2D eigenvalue weighted by molar-refractivity contribution is -0.145. The van der Waals surface area contributed by atoms with Gasteiger partial charge in [-0.1, -0.05) is 81.7 Å². The number of carboxylic acid groups (broad SMARTS) is 1. The molecule has 596 valence electrons. The summed E-state index contributed by atoms with van der Waals surface area (Å²) in [6.45, 7) is 43.7. The molecule has 5 N–H and O–H groups in total. The first-order chi connectivity index (χ1) is 51.1. The highest BCUT2D eigenvalue weighted by Gasteiger charge is 2.49. The van der Waals surface area contributed by atoms with Crippen LogP contribution in [-0.2, 0) is 9.59 Å². The van der Waals surface area contributed by atoms with Crippen molar-refractivity contribution >= 4 is 50.4 Å². The molecule has 8 fully saturated rings. The van der Waals surface area contributed by atoms with E-state index in [9.17, 15) is 23.5 Å². The summed E-state index contributed by atoms with van der Waals surface area (Å²) in [5.74, 6) is 2.68. The van der Waals surface area contributed by atoms with Crippen LogP contribution in [0.3, 0.4) is 0 Å². The monoisotopic (exact) mass is 1510 g/mol. The molecule has 20 heteroatoms. The van der Waals surface area contributed by atoms with E-state index in [0.29, 0.717) is 46.8 Å². The molecule has 0 spiro atoms. The number of H-pyrrole nitrogens is 2. The molecule has 1 amide bonds. The molecule has 10 heterocycles. The van der Waals surface area contributed by atoms with Crippen molar-refractivity contribution < 1.29 is 23.5 Å². The number of carboxylic acids is 1. The second kappa shape index (κ2) is 37.1. The van der Waals surface area contributed by atoms with Crippen molar-refractivity contribution in [1.82, 2.24) is 64.5 Å². The first-order valence-electron chi connectivity index (χ1n) is 41.6. The molecule has 17 nitrogen and oxygen atoms in total. The Labute approximate surface area is 650 Å². The maximum absolute atomic E-state index is 13.4. The van der Waals surface area contributed by atoms with E-state index >= 15 is 0 Å². The minimum absolute atomic E-state index is 0.0253. The Bertz CT molecular complexity index is 3920. The number of nitrogens with zero attached hydrogens (tertiary/aromatic N) is 10. The molecule has 108 heavy (non-hydrogen) atoms. The average molecular weight is 1510 g/mol. The van der Waals surface area contributed by atoms with Gasteiger partial charge in [-0.3, -0.25) is 39.2 Å². The summed E-state index contributed by atoms with van der Waals surface area (Å²) >= 11 is 1.46. The second-order valence-corrected chi connectivity index (χ2v) is 38.2. The molecular formula is C88H136F2N14O3S. The number of benzene rings is 3. The Kier molecular flexibility index (Phi) is 29.0. The van der Waals surface area contributed by atoms with Crippen molar-refractivity contribution in [3.05, 3.63) is 113 Å². The number of fused-ring (bicyclic) bond motifs is 4. The predicted octanol–water partition coefficient (Wildman–Crippen LogP) is 20.7. The average Bonchev–Trinajstić information content (AvgIpc) is 1.64. The molecule has 8 aliphatic rings. The lowest BCUT2D eigenvalue weighted by Crippen LogP contribution is -2.55. The normalized spacial score (nSPS) is 25.1. The van der Waals surface area contributed by atoms with Crippen molar-refractivity contribution in [2.24, 2.45) is 11.8 Å². The Morgan fingerprint density at radius 3 is 1.76 bits per heavy atom. The summed E-state index contributed by atoms with van der Waals surface area (Å²) in [7, 11) is 0. The van der Waals surface area contributed by atoms with Crippen LogP contribution in [0.15, 0.2) is 84.4 Å². The fourth-order valence-electron chi connectivity index (χ4n) is 19.0. The number of piperidine rings is 5. The van der Waals surface area contributed by atoms with Crippen molar-refractivity contribution in [2.75, 3.05) is 38.0 Å². The number of nitrogens with one attached hydrogen (secondary N) is 4. The number of aromatic nitrogens is 7. The summed E-state index contributed by atoms with van der Waals surface area (Å²) in [6.07, 6.45) is 30.6. The third-order valence-electron chi connectivity index (χ3n) is 23.9. The molecule has 15 rings (SSSR count). The number of likely N-dealkylation sites (tertiary alicyclic amines) is 5. The van der Waals surface area contributed by atoms with Crippen LogP contribution in [0.5, 0.6) is 0 Å². The van der Waals surface area contributed by atoms with Gasteiger partial charge in [-0.15, -0.1) is 11.3 Å². The van der Waals surface area contributed by atoms with Crippen LogP contribution in [0.25, 0.3) is 33.3 Å². The summed E-state index contributed by atoms with van der Waals surface area (Å²) in [6, 6.07) is 24.8. The van der Waals surface area contributed by atoms with Crippen LogP contribution < -0.4 is 10.6 Å². The van der Waals surface area contributed by atoms with Gasteiger partial charge in [-0.2, -0.15) is 5.10 Å². The maximum Gasteiger partial charge on any atom is 0.320 e. The topological polar surface area (TPSA) is 183 Å². The van der Waals surface area contributed by atoms with E-state index in [1.165, 1.54) is 176 Å². The van der Waals surface area contributed by atoms with Gasteiger partial charge in [0.25, 0.3) is 0 Å². The van der Waals surface area contributed by atoms with Gasteiger partial charge in [-0.25, -0.2) is 23.7 Å². The van der Waals surface area contributed by atoms with Gasteiger partial charge in [0.1, 0.15) is 29.3 Å². The van der Waals surface area contributed by atoms with E-state index in [4.69, 9.17) is 0 Å². The Balaban J connectivity index is 0.000000139. The number of anilines is 1. The summed E-state index contributed by atoms with van der Waals surface area (Å²) < 4.78 is 28.9. The molecule has 6 aliphatic heterocycles. The first kappa shape index (κ1) is 84.4. The zero-order chi connectivity index (χ0) is 77.9. The molecule has 9 unspecified atom stereocenters. The fourth-order valence-corrected chi connectivity index (χ4v) is 19.6. The number of hydrogen-bond donors (Lipinski definition) is 5. The van der Waals surface area contributed by atoms with Crippen molar-refractivity contribution in [1.29, 1.82) is 0 Å². The zero-order valence-corrected chi connectivity index (χ0v) is 69.9. The van der Waals surface area contributed by atoms with Gasteiger partial charge in [-0.05, 0) is 295 Å². The first-order valence-corrected chi connectivity index (χ1v) is 42.5. The number of carbonyl (C=O) groups is 2. The molecule has 0 radical (unpaired) electrons. The van der Waals surface area contributed by atoms with Gasteiger partial charge in [0, 0.05) is 69.0 Å². The summed E-state index contributed by atoms with van der Waals surface area (Å²) in [5, 5.41) is 26.2. The van der Waals surface area contributed by atoms with Gasteiger partial charge in [0.15, 0.2) is 5.13 Å². The molecule has 4 aromatic heterocycles. The molecule has 9 atom stereocenters. The third-order valence-corrected chi connectivity index (χ3v) is 24.6. The van der Waals surface area contributed by atoms with E-state index in [1.807, 2.05) is 17.5 Å². The molecule has 0 bridgehead atoms. The largest absolute Gasteiger partial charge is 0.480 e. The molecule has 2 aliphatic carbocycles. The standard InChI is InChI=1S/C18H25N3.C16H22FN3.C15H20FN3.C13H21N3OS.C13H23NO2.C13H25N/c1-18(2,3)21-12-8-7-11-17(21)16-13-15(19-20-16)14-9-5-4-6-10-14;1-16(2,3)20-9-5-4-6-14(20)15-18-12-8-7-11(17)10-13(12)19-15;1-10(2)19-14-7-6-11(16)9-13(14)18-15(19)12-5-3-4-8-17-12;1-13(2,3)16-8-5-4-6-10(16)11(17)15-12-14-7-9-18-12;1-13(2,3)14-10-7-5-4-6-9(10)8-11(14)12(15)16;1-13(2,3)14-10-6-8-11-7-4-5-9-12(11)14/h4-6,9-10,13,17H,7-8,11-12H2,1-3H3,(H,19,20);7-8,10,14H,4-6,9H2,1-3H3,(H,18,19);6-7,9-10,12,17H,3-5,8H2,1-2H3;7,9-10H,4-6,8H2,1-3H3,(H,14,15,17);9-11H,4-8H2,1-3H3,(H,15,16);11-12H,4-10H2,1-3H3. The number of halogens is 2. The smallest absolute Gasteiger partial charge is 0.320 e. The van der Waals surface area contributed by atoms with Crippen LogP contribution in [0.2, 0.25) is 0 Å². The molecule has 2 saturated carbocycles. The van der Waals surface area contributed by atoms with Crippen molar-refractivity contribution in [3.63, 3.8) is 0 Å². The minimum atomic E-state index is -0.635. The number of aromatic amines is 2. The maximum atomic E-state index is 13.4. The highest BCUT2D eigenvalue weighted by Crippen LogP contribution is 2.45. The number of amides is 1. The van der Waals surface area contributed by atoms with E-state index < -0.39 is 5.97 Å². The number of imidazole rings is 2. The lowest BCUT2D eigenvalue weighted by Gasteiger charge is -2.50. The van der Waals surface area contributed by atoms with Gasteiger partial charge in [0.05, 0.1) is 57.6 Å². The van der Waals surface area contributed by atoms with Crippen molar-refractivity contribution in [3.8, 4) is 11.3 Å². The second-order valence-electron chi connectivity index (χ2n) is 37.3. The third kappa shape index (κ3) is 22.0. The Hall–Kier alpha value is -6.00. The SMILES string of the molecule is CC(C)(C)N1C(C(=O)O)CC2CCCCC21.CC(C)(C)N1CCCC2CCCCC21.CC(C)(C)N1CCCCC1C(=O)Nc1nccs1.CC(C)(C)N1CCCCC1c1cc(-c2ccccc2)n[nH]1.CC(C)(C)N1CCCCC1c1nc2ccc(F)cc2[nH]1.CC(C)n1c(C2CCCCN2)nc2cc(F)ccc21. The van der Waals surface area contributed by atoms with E-state index in [2.05, 4.69) is 218 Å². The van der Waals surface area contributed by atoms with Crippen LogP contribution in [0.4, 0.5) is 13.9 Å². The van der Waals surface area contributed by atoms with Crippen LogP contribution in [0, 0.1) is 23.5 Å². The van der Waals surface area contributed by atoms with Crippen LogP contribution in [-0.4, -0.2) is 161 Å². The fraction of sp³-hybridized carbons (Fsp3) is 0.682. The molecular weight excluding hydrogens is 1370 g/mol. The molecule has 6 saturated heterocycles. The van der Waals surface area contributed by atoms with E-state index in [-0.39, 0.29) is 51.8 Å². The highest BCUT2D eigenvalue weighted by molar-refractivity contribution is 7.13. The minimum Gasteiger partial charge on any atom is -0.480 e. The van der Waals surface area contributed by atoms with Gasteiger partial charge >= 0.3 is 5.97 Å². The highest BCUT2D eigenvalue weighted by atomic mass is 32.1. The lowest BCUT2D eigenvalue weighted by atomic mass is 9.76. The molecule has 7 aromatic rings. The predicted molar refractivity (Wildman–Crippen MR) is 441 cm³/mol.